The van der Waals surface area contributed by atoms with Crippen molar-refractivity contribution in [2.75, 3.05) is 12.4 Å². The Balaban J connectivity index is 0.00000169. The van der Waals surface area contributed by atoms with Gasteiger partial charge in [0.25, 0.3) is 0 Å². The monoisotopic (exact) mass is 253 g/mol. The maximum Gasteiger partial charge on any atom is 0.0590 e. The number of aliphatic hydroxyl groups excluding tert-OH is 1. The van der Waals surface area contributed by atoms with Crippen molar-refractivity contribution in [2.24, 2.45) is 5.73 Å². The van der Waals surface area contributed by atoms with Gasteiger partial charge in [0.2, 0.25) is 0 Å². The fourth-order valence-corrected chi connectivity index (χ4v) is 1.75. The highest BCUT2D eigenvalue weighted by atomic mass is 35.5. The lowest BCUT2D eigenvalue weighted by Crippen LogP contribution is -2.26. The largest absolute Gasteiger partial charge is 0.395 e. The molecule has 1 atom stereocenters. The van der Waals surface area contributed by atoms with Crippen molar-refractivity contribution < 1.29 is 5.11 Å². The second-order valence-corrected chi connectivity index (χ2v) is 4.24. The third kappa shape index (κ3) is 5.08. The van der Waals surface area contributed by atoms with Crippen molar-refractivity contribution in [2.45, 2.75) is 10.9 Å². The van der Waals surface area contributed by atoms with E-state index in [-0.39, 0.29) is 25.1 Å². The molecule has 0 aliphatic heterocycles. The van der Waals surface area contributed by atoms with Gasteiger partial charge in [0.1, 0.15) is 0 Å². The molecule has 2 nitrogen and oxygen atoms in total. The Bertz CT molecular complexity index is 255. The fourth-order valence-electron chi connectivity index (χ4n) is 0.787. The summed E-state index contributed by atoms with van der Waals surface area (Å²) in [7, 11) is 0. The zero-order valence-electron chi connectivity index (χ0n) is 7.52. The molecular formula is C9H13Cl2NOS. The van der Waals surface area contributed by atoms with Crippen LogP contribution in [0.15, 0.2) is 29.2 Å². The normalized spacial score (nSPS) is 11.9. The third-order valence-corrected chi connectivity index (χ3v) is 2.96. The summed E-state index contributed by atoms with van der Waals surface area (Å²) in [5.41, 5.74) is 5.55. The average Bonchev–Trinajstić information content (AvgIpc) is 2.16. The molecule has 0 aliphatic carbocycles. The topological polar surface area (TPSA) is 46.2 Å². The number of benzene rings is 1. The summed E-state index contributed by atoms with van der Waals surface area (Å²) >= 11 is 7.35. The van der Waals surface area contributed by atoms with Gasteiger partial charge in [-0.05, 0) is 24.3 Å². The van der Waals surface area contributed by atoms with Gasteiger partial charge in [0.05, 0.1) is 6.61 Å². The van der Waals surface area contributed by atoms with Gasteiger partial charge in [-0.2, -0.15) is 0 Å². The molecule has 1 aromatic rings. The molecule has 0 unspecified atom stereocenters. The number of aliphatic hydroxyl groups is 1. The highest BCUT2D eigenvalue weighted by molar-refractivity contribution is 7.99. The van der Waals surface area contributed by atoms with Crippen LogP contribution < -0.4 is 5.73 Å². The van der Waals surface area contributed by atoms with Crippen LogP contribution in [0, 0.1) is 0 Å². The number of halogens is 2. The number of nitrogens with two attached hydrogens (primary N) is 1. The Labute approximate surface area is 99.2 Å². The minimum absolute atomic E-state index is 0. The number of rotatable bonds is 4. The molecule has 1 rings (SSSR count). The molecule has 80 valence electrons. The van der Waals surface area contributed by atoms with E-state index in [1.54, 1.807) is 11.8 Å². The second kappa shape index (κ2) is 7.37. The lowest BCUT2D eigenvalue weighted by Gasteiger charge is -2.06. The zero-order valence-corrected chi connectivity index (χ0v) is 9.91. The molecule has 0 aromatic heterocycles. The van der Waals surface area contributed by atoms with Crippen molar-refractivity contribution in [1.82, 2.24) is 0 Å². The first-order valence-corrected chi connectivity index (χ1v) is 5.33. The van der Waals surface area contributed by atoms with Gasteiger partial charge in [-0.15, -0.1) is 24.2 Å². The summed E-state index contributed by atoms with van der Waals surface area (Å²) in [5.74, 6) is 0.720. The lowest BCUT2D eigenvalue weighted by atomic mass is 10.4. The van der Waals surface area contributed by atoms with Crippen LogP contribution in [0.4, 0.5) is 0 Å². The van der Waals surface area contributed by atoms with E-state index >= 15 is 0 Å². The van der Waals surface area contributed by atoms with Crippen molar-refractivity contribution in [3.8, 4) is 0 Å². The predicted octanol–water partition coefficient (Wildman–Crippen LogP) is 2.17. The summed E-state index contributed by atoms with van der Waals surface area (Å²) in [6, 6.07) is 7.41. The molecular weight excluding hydrogens is 241 g/mol. The Morgan fingerprint density at radius 3 is 2.43 bits per heavy atom. The van der Waals surface area contributed by atoms with Gasteiger partial charge in [-0.25, -0.2) is 0 Å². The van der Waals surface area contributed by atoms with Gasteiger partial charge < -0.3 is 10.8 Å². The van der Waals surface area contributed by atoms with Crippen molar-refractivity contribution in [1.29, 1.82) is 0 Å². The smallest absolute Gasteiger partial charge is 0.0590 e. The molecule has 0 spiro atoms. The molecule has 0 bridgehead atoms. The van der Waals surface area contributed by atoms with E-state index in [2.05, 4.69) is 0 Å². The molecule has 0 saturated carbocycles. The maximum absolute atomic E-state index is 8.70. The van der Waals surface area contributed by atoms with Crippen LogP contribution in [-0.2, 0) is 0 Å². The first-order valence-electron chi connectivity index (χ1n) is 3.97. The van der Waals surface area contributed by atoms with E-state index in [1.165, 1.54) is 0 Å². The highest BCUT2D eigenvalue weighted by Crippen LogP contribution is 2.20. The van der Waals surface area contributed by atoms with E-state index in [0.717, 1.165) is 15.7 Å². The van der Waals surface area contributed by atoms with E-state index in [9.17, 15) is 0 Å². The molecule has 1 aromatic carbocycles. The quantitative estimate of drug-likeness (QED) is 0.809. The molecule has 5 heteroatoms. The van der Waals surface area contributed by atoms with Crippen LogP contribution in [0.1, 0.15) is 0 Å². The van der Waals surface area contributed by atoms with Crippen LogP contribution in [-0.4, -0.2) is 23.5 Å². The number of hydrogen-bond donors (Lipinski definition) is 2. The summed E-state index contributed by atoms with van der Waals surface area (Å²) < 4.78 is 0. The van der Waals surface area contributed by atoms with Crippen molar-refractivity contribution in [3.05, 3.63) is 29.3 Å². The molecule has 3 N–H and O–H groups in total. The van der Waals surface area contributed by atoms with Gasteiger partial charge in [0.15, 0.2) is 0 Å². The Morgan fingerprint density at radius 1 is 1.36 bits per heavy atom. The molecule has 0 saturated heterocycles. The van der Waals surface area contributed by atoms with Crippen LogP contribution in [0.2, 0.25) is 5.02 Å². The molecule has 0 heterocycles. The van der Waals surface area contributed by atoms with Gasteiger partial charge in [0, 0.05) is 21.7 Å². The Kier molecular flexibility index (Phi) is 7.41. The molecule has 14 heavy (non-hydrogen) atoms. The first-order chi connectivity index (χ1) is 6.22. The van der Waals surface area contributed by atoms with E-state index in [4.69, 9.17) is 22.4 Å². The van der Waals surface area contributed by atoms with Crippen LogP contribution in [0.3, 0.4) is 0 Å². The van der Waals surface area contributed by atoms with E-state index in [0.29, 0.717) is 0 Å². The zero-order chi connectivity index (χ0) is 9.68. The SMILES string of the molecule is Cl.N[C@H](CO)CSc1ccc(Cl)cc1. The Hall–Kier alpha value is 0.0700. The third-order valence-electron chi connectivity index (χ3n) is 1.51. The van der Waals surface area contributed by atoms with E-state index < -0.39 is 0 Å². The van der Waals surface area contributed by atoms with Crippen molar-refractivity contribution >= 4 is 35.8 Å². The van der Waals surface area contributed by atoms with E-state index in [1.807, 2.05) is 24.3 Å². The standard InChI is InChI=1S/C9H12ClNOS.ClH/c10-7-1-3-9(4-2-7)13-6-8(11)5-12;/h1-4,8,12H,5-6,11H2;1H/t8-;/m1./s1. The van der Waals surface area contributed by atoms with Gasteiger partial charge >= 0.3 is 0 Å². The number of hydrogen-bond acceptors (Lipinski definition) is 3. The molecule has 0 radical (unpaired) electrons. The second-order valence-electron chi connectivity index (χ2n) is 2.71. The van der Waals surface area contributed by atoms with Crippen molar-refractivity contribution in [3.63, 3.8) is 0 Å². The molecule has 0 aliphatic rings. The Morgan fingerprint density at radius 2 is 1.93 bits per heavy atom. The molecule has 0 fully saturated rings. The van der Waals surface area contributed by atoms with Crippen LogP contribution in [0.5, 0.6) is 0 Å². The summed E-state index contributed by atoms with van der Waals surface area (Å²) in [4.78, 5) is 1.12. The lowest BCUT2D eigenvalue weighted by molar-refractivity contribution is 0.275. The average molecular weight is 254 g/mol. The minimum atomic E-state index is -0.152. The predicted molar refractivity (Wildman–Crippen MR) is 64.5 cm³/mol. The minimum Gasteiger partial charge on any atom is -0.395 e. The summed E-state index contributed by atoms with van der Waals surface area (Å²) in [6.07, 6.45) is 0. The van der Waals surface area contributed by atoms with Crippen LogP contribution in [0.25, 0.3) is 0 Å². The van der Waals surface area contributed by atoms with Gasteiger partial charge in [-0.3, -0.25) is 0 Å². The fraction of sp³-hybridized carbons (Fsp3) is 0.333. The summed E-state index contributed by atoms with van der Waals surface area (Å²) in [5, 5.41) is 9.43. The molecule has 0 amide bonds. The summed E-state index contributed by atoms with van der Waals surface area (Å²) in [6.45, 7) is 0.0284. The van der Waals surface area contributed by atoms with Gasteiger partial charge in [-0.1, -0.05) is 11.6 Å². The first kappa shape index (κ1) is 14.1. The number of thioether (sulfide) groups is 1. The highest BCUT2D eigenvalue weighted by Gasteiger charge is 2.01. The maximum atomic E-state index is 8.70. The van der Waals surface area contributed by atoms with Crippen LogP contribution >= 0.6 is 35.8 Å².